The summed E-state index contributed by atoms with van der Waals surface area (Å²) in [5, 5.41) is 0. The van der Waals surface area contributed by atoms with Gasteiger partial charge in [0.25, 0.3) is 0 Å². The van der Waals surface area contributed by atoms with Crippen LogP contribution in [0.2, 0.25) is 0 Å². The zero-order valence-electron chi connectivity index (χ0n) is 9.88. The lowest BCUT2D eigenvalue weighted by molar-refractivity contribution is 0.0600. The van der Waals surface area contributed by atoms with Crippen molar-refractivity contribution in [2.45, 2.75) is 10.6 Å². The monoisotopic (exact) mass is 263 g/mol. The molecule has 0 unspecified atom stereocenters. The van der Waals surface area contributed by atoms with E-state index >= 15 is 0 Å². The molecule has 0 spiro atoms. The highest BCUT2D eigenvalue weighted by Crippen LogP contribution is 2.29. The quantitative estimate of drug-likeness (QED) is 0.522. The Morgan fingerprint density at radius 1 is 1.44 bits per heavy atom. The third-order valence-corrected chi connectivity index (χ3v) is 3.48. The van der Waals surface area contributed by atoms with E-state index in [0.29, 0.717) is 17.0 Å². The summed E-state index contributed by atoms with van der Waals surface area (Å²) in [4.78, 5) is 12.3. The smallest absolute Gasteiger partial charge is 0.337 e. The SMILES string of the molecule is COC(=O)c1ccc(N)c(SCc2ccco2)c1. The lowest BCUT2D eigenvalue weighted by Crippen LogP contribution is -2.02. The lowest BCUT2D eigenvalue weighted by Gasteiger charge is -2.06. The van der Waals surface area contributed by atoms with Crippen molar-refractivity contribution in [2.75, 3.05) is 12.8 Å². The van der Waals surface area contributed by atoms with E-state index in [1.807, 2.05) is 12.1 Å². The molecule has 0 atom stereocenters. The number of hydrogen-bond donors (Lipinski definition) is 1. The molecule has 4 nitrogen and oxygen atoms in total. The zero-order valence-corrected chi connectivity index (χ0v) is 10.7. The molecule has 0 aliphatic carbocycles. The summed E-state index contributed by atoms with van der Waals surface area (Å²) in [7, 11) is 1.36. The van der Waals surface area contributed by atoms with Gasteiger partial charge >= 0.3 is 5.97 Å². The Kier molecular flexibility index (Phi) is 3.94. The number of anilines is 1. The second kappa shape index (κ2) is 5.64. The summed E-state index contributed by atoms with van der Waals surface area (Å²) < 4.78 is 9.91. The van der Waals surface area contributed by atoms with E-state index < -0.39 is 0 Å². The molecule has 1 heterocycles. The van der Waals surface area contributed by atoms with Gasteiger partial charge in [-0.25, -0.2) is 4.79 Å². The van der Waals surface area contributed by atoms with Crippen molar-refractivity contribution in [2.24, 2.45) is 0 Å². The predicted molar refractivity (Wildman–Crippen MR) is 70.5 cm³/mol. The molecule has 18 heavy (non-hydrogen) atoms. The van der Waals surface area contributed by atoms with Crippen LogP contribution in [0.3, 0.4) is 0 Å². The number of nitrogens with two attached hydrogens (primary N) is 1. The van der Waals surface area contributed by atoms with Gasteiger partial charge in [0.2, 0.25) is 0 Å². The highest BCUT2D eigenvalue weighted by atomic mass is 32.2. The summed E-state index contributed by atoms with van der Waals surface area (Å²) in [5.74, 6) is 1.17. The topological polar surface area (TPSA) is 65.5 Å². The number of furan rings is 1. The second-order valence-electron chi connectivity index (χ2n) is 3.61. The molecule has 1 aromatic heterocycles. The molecule has 0 aliphatic heterocycles. The van der Waals surface area contributed by atoms with E-state index in [-0.39, 0.29) is 5.97 Å². The predicted octanol–water partition coefficient (Wildman–Crippen LogP) is 2.94. The number of methoxy groups -OCH3 is 1. The molecule has 0 saturated carbocycles. The minimum atomic E-state index is -0.366. The van der Waals surface area contributed by atoms with Crippen LogP contribution in [0.15, 0.2) is 45.9 Å². The molecule has 0 saturated heterocycles. The van der Waals surface area contributed by atoms with E-state index in [2.05, 4.69) is 4.74 Å². The van der Waals surface area contributed by atoms with Gasteiger partial charge in [-0.2, -0.15) is 0 Å². The molecule has 0 aliphatic rings. The molecule has 0 fully saturated rings. The average molecular weight is 263 g/mol. The van der Waals surface area contributed by atoms with Gasteiger partial charge in [0.05, 0.1) is 24.7 Å². The molecule has 94 valence electrons. The fraction of sp³-hybridized carbons (Fsp3) is 0.154. The van der Waals surface area contributed by atoms with Crippen molar-refractivity contribution in [3.8, 4) is 0 Å². The number of benzene rings is 1. The molecular weight excluding hydrogens is 250 g/mol. The van der Waals surface area contributed by atoms with E-state index in [4.69, 9.17) is 10.2 Å². The Balaban J connectivity index is 2.13. The van der Waals surface area contributed by atoms with Gasteiger partial charge in [-0.05, 0) is 30.3 Å². The highest BCUT2D eigenvalue weighted by Gasteiger charge is 2.09. The summed E-state index contributed by atoms with van der Waals surface area (Å²) >= 11 is 1.52. The first-order valence-electron chi connectivity index (χ1n) is 5.33. The maximum absolute atomic E-state index is 11.4. The summed E-state index contributed by atoms with van der Waals surface area (Å²) in [6, 6.07) is 8.82. The van der Waals surface area contributed by atoms with Crippen LogP contribution in [-0.4, -0.2) is 13.1 Å². The van der Waals surface area contributed by atoms with Crippen molar-refractivity contribution in [1.82, 2.24) is 0 Å². The lowest BCUT2D eigenvalue weighted by atomic mass is 10.2. The number of carbonyl (C=O) groups is 1. The maximum Gasteiger partial charge on any atom is 0.337 e. The zero-order chi connectivity index (χ0) is 13.0. The van der Waals surface area contributed by atoms with Crippen molar-refractivity contribution in [1.29, 1.82) is 0 Å². The Morgan fingerprint density at radius 3 is 2.94 bits per heavy atom. The van der Waals surface area contributed by atoms with Crippen LogP contribution >= 0.6 is 11.8 Å². The number of ether oxygens (including phenoxy) is 1. The molecule has 0 radical (unpaired) electrons. The molecule has 2 N–H and O–H groups in total. The molecule has 5 heteroatoms. The van der Waals surface area contributed by atoms with Gasteiger partial charge in [0.1, 0.15) is 5.76 Å². The average Bonchev–Trinajstić information content (AvgIpc) is 2.90. The van der Waals surface area contributed by atoms with Crippen molar-refractivity contribution in [3.05, 3.63) is 47.9 Å². The van der Waals surface area contributed by atoms with Crippen LogP contribution < -0.4 is 5.73 Å². The van der Waals surface area contributed by atoms with E-state index in [1.54, 1.807) is 24.5 Å². The standard InChI is InChI=1S/C13H13NO3S/c1-16-13(15)9-4-5-11(14)12(7-9)18-8-10-3-2-6-17-10/h2-7H,8,14H2,1H3. The minimum Gasteiger partial charge on any atom is -0.468 e. The molecule has 0 bridgehead atoms. The van der Waals surface area contributed by atoms with Crippen LogP contribution in [0, 0.1) is 0 Å². The number of hydrogen-bond acceptors (Lipinski definition) is 5. The fourth-order valence-corrected chi connectivity index (χ4v) is 2.35. The third kappa shape index (κ3) is 2.87. The first kappa shape index (κ1) is 12.6. The van der Waals surface area contributed by atoms with Crippen molar-refractivity contribution in [3.63, 3.8) is 0 Å². The first-order valence-corrected chi connectivity index (χ1v) is 6.32. The van der Waals surface area contributed by atoms with Gasteiger partial charge < -0.3 is 14.9 Å². The van der Waals surface area contributed by atoms with Crippen LogP contribution in [0.4, 0.5) is 5.69 Å². The van der Waals surface area contributed by atoms with Gasteiger partial charge in [0.15, 0.2) is 0 Å². The van der Waals surface area contributed by atoms with Gasteiger partial charge in [-0.3, -0.25) is 0 Å². The summed E-state index contributed by atoms with van der Waals surface area (Å²) in [5.41, 5.74) is 7.00. The van der Waals surface area contributed by atoms with Crippen molar-refractivity contribution < 1.29 is 13.9 Å². The molecule has 0 amide bonds. The van der Waals surface area contributed by atoms with Gasteiger partial charge in [-0.1, -0.05) is 0 Å². The molecule has 2 aromatic rings. The van der Waals surface area contributed by atoms with E-state index in [0.717, 1.165) is 10.7 Å². The Bertz CT molecular complexity index is 537. The molecular formula is C13H13NO3S. The maximum atomic E-state index is 11.4. The van der Waals surface area contributed by atoms with Crippen molar-refractivity contribution >= 4 is 23.4 Å². The Hall–Kier alpha value is -1.88. The summed E-state index contributed by atoms with van der Waals surface area (Å²) in [6.07, 6.45) is 1.63. The van der Waals surface area contributed by atoms with E-state index in [9.17, 15) is 4.79 Å². The number of esters is 1. The van der Waals surface area contributed by atoms with E-state index in [1.165, 1.54) is 18.9 Å². The number of thioether (sulfide) groups is 1. The number of rotatable bonds is 4. The van der Waals surface area contributed by atoms with Crippen LogP contribution in [0.1, 0.15) is 16.1 Å². The van der Waals surface area contributed by atoms with Crippen LogP contribution in [0.5, 0.6) is 0 Å². The van der Waals surface area contributed by atoms with Crippen LogP contribution in [-0.2, 0) is 10.5 Å². The minimum absolute atomic E-state index is 0.366. The fourth-order valence-electron chi connectivity index (χ4n) is 1.45. The Labute approximate surface area is 109 Å². The largest absolute Gasteiger partial charge is 0.468 e. The molecule has 2 rings (SSSR count). The van der Waals surface area contributed by atoms with Crippen LogP contribution in [0.25, 0.3) is 0 Å². The third-order valence-electron chi connectivity index (χ3n) is 2.38. The highest BCUT2D eigenvalue weighted by molar-refractivity contribution is 7.98. The summed E-state index contributed by atoms with van der Waals surface area (Å²) in [6.45, 7) is 0. The van der Waals surface area contributed by atoms with Gasteiger partial charge in [0, 0.05) is 10.6 Å². The number of nitrogen functional groups attached to an aromatic ring is 1. The first-order chi connectivity index (χ1) is 8.70. The number of carbonyl (C=O) groups excluding carboxylic acids is 1. The normalized spacial score (nSPS) is 10.3. The second-order valence-corrected chi connectivity index (χ2v) is 4.63. The Morgan fingerprint density at radius 2 is 2.28 bits per heavy atom. The molecule has 1 aromatic carbocycles. The van der Waals surface area contributed by atoms with Gasteiger partial charge in [-0.15, -0.1) is 11.8 Å².